The number of rotatable bonds is 7. The van der Waals surface area contributed by atoms with Crippen LogP contribution >= 0.6 is 0 Å². The van der Waals surface area contributed by atoms with Crippen LogP contribution in [0.25, 0.3) is 16.6 Å². The van der Waals surface area contributed by atoms with Crippen LogP contribution in [0, 0.1) is 6.92 Å². The lowest BCUT2D eigenvalue weighted by molar-refractivity contribution is 0.0693. The molecule has 0 bridgehead atoms. The lowest BCUT2D eigenvalue weighted by atomic mass is 9.81. The Morgan fingerprint density at radius 1 is 1.02 bits per heavy atom. The molecule has 0 saturated carbocycles. The first-order chi connectivity index (χ1) is 19.8. The van der Waals surface area contributed by atoms with Crippen molar-refractivity contribution in [3.63, 3.8) is 0 Å². The van der Waals surface area contributed by atoms with Crippen LogP contribution in [0.5, 0.6) is 11.8 Å². The molecule has 0 aliphatic carbocycles. The molecule has 6 rings (SSSR count). The Morgan fingerprint density at radius 2 is 1.83 bits per heavy atom. The van der Waals surface area contributed by atoms with Crippen LogP contribution in [0.4, 0.5) is 0 Å². The van der Waals surface area contributed by atoms with Crippen LogP contribution in [0.3, 0.4) is 0 Å². The third-order valence-electron chi connectivity index (χ3n) is 7.78. The Bertz CT molecular complexity index is 1790. The minimum atomic E-state index is -0.944. The molecule has 0 fully saturated rings. The minimum Gasteiger partial charge on any atom is -0.496 e. The van der Waals surface area contributed by atoms with E-state index in [1.165, 1.54) is 25.2 Å². The minimum absolute atomic E-state index is 0.228. The third kappa shape index (κ3) is 4.47. The molecule has 5 aromatic rings. The number of carboxylic acids is 1. The number of nitrogens with one attached hydrogen (secondary N) is 1. The Balaban J connectivity index is 1.41. The maximum absolute atomic E-state index is 14.0. The maximum Gasteiger partial charge on any atom is 0.338 e. The number of ether oxygens (including phenoxy) is 2. The summed E-state index contributed by atoms with van der Waals surface area (Å²) in [5.41, 5.74) is 4.10. The third-order valence-corrected chi connectivity index (χ3v) is 7.78. The molecule has 10 heteroatoms. The number of methoxy groups -OCH3 is 2. The van der Waals surface area contributed by atoms with Crippen LogP contribution < -0.4 is 14.8 Å². The first kappa shape index (κ1) is 26.1. The summed E-state index contributed by atoms with van der Waals surface area (Å²) >= 11 is 0. The highest BCUT2D eigenvalue weighted by molar-refractivity contribution is 6.05. The molecule has 1 amide bonds. The Labute approximate surface area is 236 Å². The fourth-order valence-corrected chi connectivity index (χ4v) is 5.81. The molecule has 2 N–H and O–H groups in total. The standard InChI is InChI=1S/C31H29N5O5/c1-19-9-12-24-23(15-19)27(29(38)39)25-13-14-31(17-35(24)25,20-7-5-4-6-8-20)33-28(37)22-11-10-21(16-26(22)40-2)36-18-32-30(34-36)41-3/h4-12,15-16,18H,13-14,17H2,1-3H3,(H,33,37)(H,38,39)/t31-/m1/s1. The van der Waals surface area contributed by atoms with E-state index in [4.69, 9.17) is 9.47 Å². The topological polar surface area (TPSA) is 120 Å². The van der Waals surface area contributed by atoms with Crippen molar-refractivity contribution < 1.29 is 24.2 Å². The fraction of sp³-hybridized carbons (Fsp3) is 0.226. The monoisotopic (exact) mass is 551 g/mol. The van der Waals surface area contributed by atoms with E-state index in [1.54, 1.807) is 18.2 Å². The van der Waals surface area contributed by atoms with Gasteiger partial charge in [-0.05, 0) is 49.6 Å². The molecule has 2 aromatic heterocycles. The van der Waals surface area contributed by atoms with E-state index < -0.39 is 11.5 Å². The van der Waals surface area contributed by atoms with E-state index in [0.29, 0.717) is 47.3 Å². The Hall–Kier alpha value is -5.12. The molecule has 10 nitrogen and oxygen atoms in total. The molecule has 41 heavy (non-hydrogen) atoms. The fourth-order valence-electron chi connectivity index (χ4n) is 5.81. The van der Waals surface area contributed by atoms with Gasteiger partial charge in [0.25, 0.3) is 5.91 Å². The van der Waals surface area contributed by atoms with Crippen molar-refractivity contribution >= 4 is 22.8 Å². The van der Waals surface area contributed by atoms with E-state index in [9.17, 15) is 14.7 Å². The van der Waals surface area contributed by atoms with Gasteiger partial charge in [-0.3, -0.25) is 4.79 Å². The first-order valence-electron chi connectivity index (χ1n) is 13.2. The predicted molar refractivity (Wildman–Crippen MR) is 152 cm³/mol. The predicted octanol–water partition coefficient (Wildman–Crippen LogP) is 4.52. The highest BCUT2D eigenvalue weighted by Crippen LogP contribution is 2.40. The second-order valence-electron chi connectivity index (χ2n) is 10.2. The largest absolute Gasteiger partial charge is 0.496 e. The summed E-state index contributed by atoms with van der Waals surface area (Å²) in [7, 11) is 3.00. The highest BCUT2D eigenvalue weighted by atomic mass is 16.5. The molecule has 0 spiro atoms. The maximum atomic E-state index is 14.0. The lowest BCUT2D eigenvalue weighted by Gasteiger charge is -2.40. The summed E-state index contributed by atoms with van der Waals surface area (Å²) in [5.74, 6) is -0.868. The van der Waals surface area contributed by atoms with Crippen molar-refractivity contribution in [3.8, 4) is 17.4 Å². The number of benzene rings is 3. The van der Waals surface area contributed by atoms with E-state index in [0.717, 1.165) is 22.3 Å². The second-order valence-corrected chi connectivity index (χ2v) is 10.2. The van der Waals surface area contributed by atoms with Crippen LogP contribution in [-0.4, -0.2) is 50.5 Å². The number of nitrogens with zero attached hydrogens (tertiary/aromatic N) is 4. The molecule has 0 unspecified atom stereocenters. The zero-order valence-corrected chi connectivity index (χ0v) is 22.9. The number of hydrogen-bond acceptors (Lipinski definition) is 6. The molecule has 3 aromatic carbocycles. The van der Waals surface area contributed by atoms with Crippen molar-refractivity contribution in [3.05, 3.63) is 101 Å². The zero-order chi connectivity index (χ0) is 28.7. The lowest BCUT2D eigenvalue weighted by Crippen LogP contribution is -2.51. The number of fused-ring (bicyclic) bond motifs is 3. The molecule has 208 valence electrons. The number of aryl methyl sites for hydroxylation is 1. The van der Waals surface area contributed by atoms with Crippen LogP contribution in [-0.2, 0) is 18.5 Å². The molecule has 1 atom stereocenters. The van der Waals surface area contributed by atoms with Gasteiger partial charge in [-0.25, -0.2) is 9.48 Å². The molecule has 3 heterocycles. The van der Waals surface area contributed by atoms with Crippen molar-refractivity contribution in [2.24, 2.45) is 0 Å². The van der Waals surface area contributed by atoms with Crippen molar-refractivity contribution in [2.75, 3.05) is 14.2 Å². The number of aromatic carboxylic acids is 1. The van der Waals surface area contributed by atoms with Gasteiger partial charge in [-0.2, -0.15) is 4.98 Å². The average molecular weight is 552 g/mol. The van der Waals surface area contributed by atoms with Gasteiger partial charge in [0.2, 0.25) is 0 Å². The van der Waals surface area contributed by atoms with Gasteiger partial charge in [0, 0.05) is 22.7 Å². The summed E-state index contributed by atoms with van der Waals surface area (Å²) in [6, 6.07) is 21.1. The molecular weight excluding hydrogens is 522 g/mol. The molecule has 0 saturated heterocycles. The smallest absolute Gasteiger partial charge is 0.338 e. The van der Waals surface area contributed by atoms with E-state index in [1.807, 2.05) is 60.0 Å². The summed E-state index contributed by atoms with van der Waals surface area (Å²) in [4.78, 5) is 30.4. The van der Waals surface area contributed by atoms with Gasteiger partial charge in [-0.15, -0.1) is 5.10 Å². The van der Waals surface area contributed by atoms with E-state index in [-0.39, 0.29) is 11.9 Å². The Morgan fingerprint density at radius 3 is 2.54 bits per heavy atom. The quantitative estimate of drug-likeness (QED) is 0.305. The zero-order valence-electron chi connectivity index (χ0n) is 22.9. The van der Waals surface area contributed by atoms with E-state index in [2.05, 4.69) is 15.4 Å². The van der Waals surface area contributed by atoms with Crippen molar-refractivity contribution in [2.45, 2.75) is 31.8 Å². The number of carboxylic acid groups (broad SMARTS) is 1. The van der Waals surface area contributed by atoms with Crippen molar-refractivity contribution in [1.29, 1.82) is 0 Å². The molecule has 1 aliphatic rings. The van der Waals surface area contributed by atoms with Gasteiger partial charge in [-0.1, -0.05) is 42.0 Å². The van der Waals surface area contributed by atoms with E-state index >= 15 is 0 Å². The molecule has 0 radical (unpaired) electrons. The van der Waals surface area contributed by atoms with Crippen LogP contribution in [0.1, 0.15) is 44.0 Å². The summed E-state index contributed by atoms with van der Waals surface area (Å²) < 4.78 is 14.3. The first-order valence-corrected chi connectivity index (χ1v) is 13.2. The number of hydrogen-bond donors (Lipinski definition) is 2. The van der Waals surface area contributed by atoms with Gasteiger partial charge in [0.1, 0.15) is 12.1 Å². The van der Waals surface area contributed by atoms with Gasteiger partial charge in [0.15, 0.2) is 0 Å². The average Bonchev–Trinajstić information content (AvgIpc) is 3.59. The number of amides is 1. The normalized spacial score (nSPS) is 16.3. The summed E-state index contributed by atoms with van der Waals surface area (Å²) in [5, 5.41) is 18.4. The van der Waals surface area contributed by atoms with Crippen LogP contribution in [0.15, 0.2) is 73.1 Å². The summed E-state index contributed by atoms with van der Waals surface area (Å²) in [6.07, 6.45) is 2.53. The number of carbonyl (C=O) groups is 2. The van der Waals surface area contributed by atoms with Gasteiger partial charge < -0.3 is 24.5 Å². The number of aromatic nitrogens is 4. The molecule has 1 aliphatic heterocycles. The van der Waals surface area contributed by atoms with Crippen molar-refractivity contribution in [1.82, 2.24) is 24.6 Å². The van der Waals surface area contributed by atoms with Gasteiger partial charge in [0.05, 0.1) is 43.1 Å². The SMILES string of the molecule is COc1ncn(-c2ccc(C(=O)N[C@]3(c4ccccc4)CCc4c(C(=O)O)c5cc(C)ccc5n4C3)c(OC)c2)n1. The number of carbonyl (C=O) groups excluding carboxylic acids is 1. The Kier molecular flexibility index (Phi) is 6.45. The van der Waals surface area contributed by atoms with Crippen LogP contribution in [0.2, 0.25) is 0 Å². The molecular formula is C31H29N5O5. The summed E-state index contributed by atoms with van der Waals surface area (Å²) in [6.45, 7) is 2.33. The highest BCUT2D eigenvalue weighted by Gasteiger charge is 2.41. The second kappa shape index (κ2) is 10.1. The van der Waals surface area contributed by atoms with Gasteiger partial charge >= 0.3 is 12.0 Å².